The Labute approximate surface area is 201 Å². The quantitative estimate of drug-likeness (QED) is 0.595. The number of sulfonamides is 1. The Morgan fingerprint density at radius 2 is 1.79 bits per heavy atom. The average Bonchev–Trinajstić information content (AvgIpc) is 3.23. The fourth-order valence-corrected chi connectivity index (χ4v) is 5.88. The first-order valence-electron chi connectivity index (χ1n) is 11.5. The van der Waals surface area contributed by atoms with Crippen LogP contribution in [-0.4, -0.2) is 82.2 Å². The number of carbonyl (C=O) groups is 1. The van der Waals surface area contributed by atoms with Crippen LogP contribution in [0.4, 0.5) is 0 Å². The Morgan fingerprint density at radius 3 is 2.53 bits per heavy atom. The van der Waals surface area contributed by atoms with Crippen molar-refractivity contribution < 1.29 is 27.4 Å². The number of ether oxygens (including phenoxy) is 3. The van der Waals surface area contributed by atoms with E-state index in [0.717, 1.165) is 11.1 Å². The van der Waals surface area contributed by atoms with Gasteiger partial charge in [-0.3, -0.25) is 4.79 Å². The van der Waals surface area contributed by atoms with Crippen molar-refractivity contribution >= 4 is 15.9 Å². The maximum Gasteiger partial charge on any atom is 0.254 e. The average molecular weight is 489 g/mol. The van der Waals surface area contributed by atoms with Crippen molar-refractivity contribution in [1.29, 1.82) is 0 Å². The summed E-state index contributed by atoms with van der Waals surface area (Å²) in [7, 11) is -1.82. The van der Waals surface area contributed by atoms with Gasteiger partial charge in [0.25, 0.3) is 5.91 Å². The highest BCUT2D eigenvalue weighted by atomic mass is 32.2. The van der Waals surface area contributed by atoms with E-state index in [9.17, 15) is 13.2 Å². The molecule has 184 valence electrons. The molecule has 2 atom stereocenters. The van der Waals surface area contributed by atoms with Crippen LogP contribution >= 0.6 is 0 Å². The van der Waals surface area contributed by atoms with Crippen molar-refractivity contribution in [3.63, 3.8) is 0 Å². The Hall–Kier alpha value is -2.46. The number of benzene rings is 2. The molecule has 8 nitrogen and oxygen atoms in total. The SMILES string of the molecule is COC1CN(C(=O)c2cc(C)ccc2C)CC1Oc1cccc(CS(=O)(=O)N2CCOCC2)c1. The Bertz CT molecular complexity index is 1130. The van der Waals surface area contributed by atoms with Crippen molar-refractivity contribution in [2.45, 2.75) is 31.8 Å². The molecular formula is C25H32N2O6S. The summed E-state index contributed by atoms with van der Waals surface area (Å²) in [5.41, 5.74) is 3.31. The third-order valence-electron chi connectivity index (χ3n) is 6.33. The fourth-order valence-electron chi connectivity index (χ4n) is 4.40. The number of morpholine rings is 1. The van der Waals surface area contributed by atoms with Gasteiger partial charge >= 0.3 is 0 Å². The van der Waals surface area contributed by atoms with Crippen LogP contribution in [-0.2, 0) is 25.2 Å². The summed E-state index contributed by atoms with van der Waals surface area (Å²) in [5.74, 6) is 0.419. The predicted molar refractivity (Wildman–Crippen MR) is 128 cm³/mol. The first-order chi connectivity index (χ1) is 16.3. The van der Waals surface area contributed by atoms with Gasteiger partial charge in [-0.1, -0.05) is 29.8 Å². The molecule has 0 aliphatic carbocycles. The van der Waals surface area contributed by atoms with Crippen LogP contribution in [0, 0.1) is 13.8 Å². The van der Waals surface area contributed by atoms with E-state index >= 15 is 0 Å². The van der Waals surface area contributed by atoms with Gasteiger partial charge < -0.3 is 19.1 Å². The van der Waals surface area contributed by atoms with Gasteiger partial charge in [-0.2, -0.15) is 4.31 Å². The molecule has 34 heavy (non-hydrogen) atoms. The molecule has 1 amide bonds. The molecular weight excluding hydrogens is 456 g/mol. The van der Waals surface area contributed by atoms with Crippen molar-refractivity contribution in [2.24, 2.45) is 0 Å². The molecule has 0 N–H and O–H groups in total. The summed E-state index contributed by atoms with van der Waals surface area (Å²) >= 11 is 0. The summed E-state index contributed by atoms with van der Waals surface area (Å²) in [5, 5.41) is 0. The second-order valence-corrected chi connectivity index (χ2v) is 10.8. The molecule has 4 rings (SSSR count). The zero-order valence-electron chi connectivity index (χ0n) is 19.9. The minimum absolute atomic E-state index is 0.0419. The number of likely N-dealkylation sites (tertiary alicyclic amines) is 1. The number of nitrogens with zero attached hydrogens (tertiary/aromatic N) is 2. The van der Waals surface area contributed by atoms with Gasteiger partial charge in [0.05, 0.1) is 32.1 Å². The van der Waals surface area contributed by atoms with E-state index in [4.69, 9.17) is 14.2 Å². The largest absolute Gasteiger partial charge is 0.486 e. The highest BCUT2D eigenvalue weighted by Crippen LogP contribution is 2.25. The molecule has 2 aromatic carbocycles. The first kappa shape index (κ1) is 24.7. The smallest absolute Gasteiger partial charge is 0.254 e. The number of hydrogen-bond donors (Lipinski definition) is 0. The first-order valence-corrected chi connectivity index (χ1v) is 13.1. The summed E-state index contributed by atoms with van der Waals surface area (Å²) in [6.07, 6.45) is -0.639. The molecule has 0 bridgehead atoms. The van der Waals surface area contributed by atoms with Crippen molar-refractivity contribution in [2.75, 3.05) is 46.5 Å². The van der Waals surface area contributed by atoms with E-state index in [2.05, 4.69) is 0 Å². The third-order valence-corrected chi connectivity index (χ3v) is 8.18. The van der Waals surface area contributed by atoms with E-state index in [0.29, 0.717) is 56.3 Å². The Balaban J connectivity index is 1.45. The van der Waals surface area contributed by atoms with E-state index in [1.165, 1.54) is 4.31 Å². The van der Waals surface area contributed by atoms with Crippen LogP contribution in [0.25, 0.3) is 0 Å². The number of amides is 1. The van der Waals surface area contributed by atoms with Crippen LogP contribution in [0.3, 0.4) is 0 Å². The standard InChI is InChI=1S/C25H32N2O6S/c1-18-7-8-19(2)22(13-18)25(28)26-15-23(31-3)24(16-26)33-21-6-4-5-20(14-21)17-34(29,30)27-9-11-32-12-10-27/h4-8,13-14,23-24H,9-12,15-17H2,1-3H3. The second kappa shape index (κ2) is 10.4. The van der Waals surface area contributed by atoms with Gasteiger partial charge in [-0.25, -0.2) is 8.42 Å². The Kier molecular flexibility index (Phi) is 7.57. The fraction of sp³-hybridized carbons (Fsp3) is 0.480. The monoisotopic (exact) mass is 488 g/mol. The normalized spacial score (nSPS) is 21.6. The molecule has 2 fully saturated rings. The summed E-state index contributed by atoms with van der Waals surface area (Å²) in [6.45, 7) is 6.30. The van der Waals surface area contributed by atoms with Crippen LogP contribution in [0.15, 0.2) is 42.5 Å². The molecule has 2 heterocycles. The van der Waals surface area contributed by atoms with Crippen molar-refractivity contribution in [3.05, 3.63) is 64.7 Å². The summed E-state index contributed by atoms with van der Waals surface area (Å²) < 4.78 is 44.1. The topological polar surface area (TPSA) is 85.4 Å². The molecule has 0 radical (unpaired) electrons. The van der Waals surface area contributed by atoms with Crippen molar-refractivity contribution in [1.82, 2.24) is 9.21 Å². The molecule has 2 unspecified atom stereocenters. The lowest BCUT2D eigenvalue weighted by atomic mass is 10.0. The minimum Gasteiger partial charge on any atom is -0.486 e. The molecule has 2 aliphatic rings. The Morgan fingerprint density at radius 1 is 1.06 bits per heavy atom. The van der Waals surface area contributed by atoms with E-state index in [-0.39, 0.29) is 23.9 Å². The number of aryl methyl sites for hydroxylation is 2. The van der Waals surface area contributed by atoms with Gasteiger partial charge in [0, 0.05) is 25.8 Å². The van der Waals surface area contributed by atoms with E-state index in [1.807, 2.05) is 32.0 Å². The van der Waals surface area contributed by atoms with Gasteiger partial charge in [0.2, 0.25) is 10.0 Å². The number of hydrogen-bond acceptors (Lipinski definition) is 6. The highest BCUT2D eigenvalue weighted by molar-refractivity contribution is 7.88. The van der Waals surface area contributed by atoms with Crippen LogP contribution in [0.5, 0.6) is 5.75 Å². The maximum absolute atomic E-state index is 13.2. The van der Waals surface area contributed by atoms with Crippen LogP contribution < -0.4 is 4.74 Å². The lowest BCUT2D eigenvalue weighted by Crippen LogP contribution is -2.41. The molecule has 2 aromatic rings. The number of rotatable bonds is 7. The molecule has 2 aliphatic heterocycles. The van der Waals surface area contributed by atoms with Gasteiger partial charge in [0.15, 0.2) is 0 Å². The van der Waals surface area contributed by atoms with Crippen LogP contribution in [0.2, 0.25) is 0 Å². The minimum atomic E-state index is -3.43. The van der Waals surface area contributed by atoms with Gasteiger partial charge in [-0.05, 0) is 43.2 Å². The molecule has 9 heteroatoms. The number of carbonyl (C=O) groups excluding carboxylic acids is 1. The zero-order valence-corrected chi connectivity index (χ0v) is 20.7. The molecule has 0 saturated carbocycles. The molecule has 0 aromatic heterocycles. The highest BCUT2D eigenvalue weighted by Gasteiger charge is 2.38. The lowest BCUT2D eigenvalue weighted by molar-refractivity contribution is 0.0339. The zero-order chi connectivity index (χ0) is 24.3. The number of methoxy groups -OCH3 is 1. The third kappa shape index (κ3) is 5.60. The summed E-state index contributed by atoms with van der Waals surface area (Å²) in [6, 6.07) is 13.0. The van der Waals surface area contributed by atoms with Crippen molar-refractivity contribution in [3.8, 4) is 5.75 Å². The molecule has 0 spiro atoms. The predicted octanol–water partition coefficient (Wildman–Crippen LogP) is 2.38. The van der Waals surface area contributed by atoms with E-state index in [1.54, 1.807) is 36.3 Å². The van der Waals surface area contributed by atoms with Gasteiger partial charge in [0.1, 0.15) is 18.0 Å². The second-order valence-electron chi connectivity index (χ2n) is 8.87. The molecule has 2 saturated heterocycles. The maximum atomic E-state index is 13.2. The van der Waals surface area contributed by atoms with Crippen LogP contribution in [0.1, 0.15) is 27.0 Å². The lowest BCUT2D eigenvalue weighted by Gasteiger charge is -2.26. The summed E-state index contributed by atoms with van der Waals surface area (Å²) in [4.78, 5) is 14.9. The van der Waals surface area contributed by atoms with E-state index < -0.39 is 10.0 Å². The van der Waals surface area contributed by atoms with Gasteiger partial charge in [-0.15, -0.1) is 0 Å².